The van der Waals surface area contributed by atoms with Gasteiger partial charge in [0, 0.05) is 6.04 Å². The minimum absolute atomic E-state index is 0.312. The maximum Gasteiger partial charge on any atom is 0.119 e. The van der Waals surface area contributed by atoms with Crippen LogP contribution in [0.5, 0.6) is 5.75 Å². The fourth-order valence-corrected chi connectivity index (χ4v) is 1.89. The Kier molecular flexibility index (Phi) is 2.23. The van der Waals surface area contributed by atoms with E-state index in [1.807, 2.05) is 13.0 Å². The van der Waals surface area contributed by atoms with Crippen LogP contribution in [0.4, 0.5) is 0 Å². The molecule has 0 spiro atoms. The molecule has 0 aliphatic heterocycles. The molecule has 0 radical (unpaired) electrons. The molecule has 13 heavy (non-hydrogen) atoms. The van der Waals surface area contributed by atoms with E-state index in [4.69, 9.17) is 10.5 Å². The van der Waals surface area contributed by atoms with E-state index < -0.39 is 0 Å². The van der Waals surface area contributed by atoms with E-state index >= 15 is 0 Å². The summed E-state index contributed by atoms with van der Waals surface area (Å²) in [7, 11) is 0. The normalized spacial score (nSPS) is 20.0. The molecule has 1 unspecified atom stereocenters. The monoisotopic (exact) mass is 177 g/mol. The molecule has 1 atom stereocenters. The van der Waals surface area contributed by atoms with E-state index in [0.717, 1.165) is 25.2 Å². The summed E-state index contributed by atoms with van der Waals surface area (Å²) >= 11 is 0. The van der Waals surface area contributed by atoms with Crippen LogP contribution in [-0.2, 0) is 12.8 Å². The minimum Gasteiger partial charge on any atom is -0.494 e. The van der Waals surface area contributed by atoms with Crippen LogP contribution in [0.1, 0.15) is 18.1 Å². The van der Waals surface area contributed by atoms with Crippen molar-refractivity contribution < 1.29 is 4.74 Å². The van der Waals surface area contributed by atoms with E-state index in [0.29, 0.717) is 6.04 Å². The lowest BCUT2D eigenvalue weighted by molar-refractivity contribution is 0.340. The molecule has 0 aromatic heterocycles. The minimum atomic E-state index is 0.312. The summed E-state index contributed by atoms with van der Waals surface area (Å²) in [4.78, 5) is 0. The topological polar surface area (TPSA) is 35.2 Å². The second-order valence-corrected chi connectivity index (χ2v) is 3.53. The zero-order valence-corrected chi connectivity index (χ0v) is 7.92. The van der Waals surface area contributed by atoms with E-state index in [1.54, 1.807) is 0 Å². The van der Waals surface area contributed by atoms with Crippen LogP contribution < -0.4 is 10.5 Å². The van der Waals surface area contributed by atoms with Gasteiger partial charge in [0.2, 0.25) is 0 Å². The first-order chi connectivity index (χ1) is 6.29. The van der Waals surface area contributed by atoms with Crippen LogP contribution in [0.15, 0.2) is 18.2 Å². The van der Waals surface area contributed by atoms with Crippen molar-refractivity contribution in [1.29, 1.82) is 0 Å². The third-order valence-electron chi connectivity index (χ3n) is 2.45. The highest BCUT2D eigenvalue weighted by Crippen LogP contribution is 2.25. The summed E-state index contributed by atoms with van der Waals surface area (Å²) in [5.41, 5.74) is 8.61. The van der Waals surface area contributed by atoms with Crippen molar-refractivity contribution in [2.45, 2.75) is 25.8 Å². The van der Waals surface area contributed by atoms with E-state index in [2.05, 4.69) is 12.1 Å². The van der Waals surface area contributed by atoms with Gasteiger partial charge in [-0.2, -0.15) is 0 Å². The molecule has 0 saturated carbocycles. The zero-order valence-electron chi connectivity index (χ0n) is 7.92. The molecule has 2 heteroatoms. The first-order valence-corrected chi connectivity index (χ1v) is 4.79. The van der Waals surface area contributed by atoms with Crippen molar-refractivity contribution in [3.05, 3.63) is 29.3 Å². The molecule has 0 heterocycles. The number of hydrogen-bond donors (Lipinski definition) is 1. The summed E-state index contributed by atoms with van der Waals surface area (Å²) in [6.07, 6.45) is 2.01. The highest BCUT2D eigenvalue weighted by atomic mass is 16.5. The Hall–Kier alpha value is -1.02. The fraction of sp³-hybridized carbons (Fsp3) is 0.455. The van der Waals surface area contributed by atoms with Crippen molar-refractivity contribution in [2.75, 3.05) is 6.61 Å². The molecule has 0 saturated heterocycles. The third kappa shape index (κ3) is 1.68. The molecule has 1 aromatic carbocycles. The highest BCUT2D eigenvalue weighted by molar-refractivity contribution is 5.39. The average Bonchev–Trinajstić information content (AvgIpc) is 2.44. The zero-order chi connectivity index (χ0) is 9.26. The summed E-state index contributed by atoms with van der Waals surface area (Å²) < 4.78 is 5.43. The lowest BCUT2D eigenvalue weighted by Crippen LogP contribution is -2.18. The molecule has 2 rings (SSSR count). The lowest BCUT2D eigenvalue weighted by atomic mass is 10.1. The standard InChI is InChI=1S/C11H15NO/c1-2-13-11-4-3-8-5-10(12)6-9(8)7-11/h3-4,7,10H,2,5-6,12H2,1H3. The van der Waals surface area contributed by atoms with Crippen molar-refractivity contribution >= 4 is 0 Å². The van der Waals surface area contributed by atoms with Gasteiger partial charge in [-0.3, -0.25) is 0 Å². The Morgan fingerprint density at radius 1 is 1.38 bits per heavy atom. The molecular weight excluding hydrogens is 162 g/mol. The number of nitrogens with two attached hydrogens (primary N) is 1. The average molecular weight is 177 g/mol. The van der Waals surface area contributed by atoms with Crippen molar-refractivity contribution in [1.82, 2.24) is 0 Å². The van der Waals surface area contributed by atoms with Crippen LogP contribution in [0.3, 0.4) is 0 Å². The van der Waals surface area contributed by atoms with Crippen LogP contribution in [0.2, 0.25) is 0 Å². The second-order valence-electron chi connectivity index (χ2n) is 3.53. The summed E-state index contributed by atoms with van der Waals surface area (Å²) in [6, 6.07) is 6.59. The second kappa shape index (κ2) is 3.38. The van der Waals surface area contributed by atoms with Gasteiger partial charge in [0.15, 0.2) is 0 Å². The van der Waals surface area contributed by atoms with E-state index in [1.165, 1.54) is 11.1 Å². The van der Waals surface area contributed by atoms with E-state index in [-0.39, 0.29) is 0 Å². The van der Waals surface area contributed by atoms with Crippen LogP contribution in [-0.4, -0.2) is 12.6 Å². The number of benzene rings is 1. The highest BCUT2D eigenvalue weighted by Gasteiger charge is 2.17. The first kappa shape index (κ1) is 8.57. The fourth-order valence-electron chi connectivity index (χ4n) is 1.89. The Balaban J connectivity index is 2.24. The molecule has 0 bridgehead atoms. The molecule has 1 aromatic rings. The number of ether oxygens (including phenoxy) is 1. The SMILES string of the molecule is CCOc1ccc2c(c1)CC(N)C2. The molecule has 0 amide bonds. The third-order valence-corrected chi connectivity index (χ3v) is 2.45. The Labute approximate surface area is 78.7 Å². The van der Waals surface area contributed by atoms with Gasteiger partial charge in [0.25, 0.3) is 0 Å². The van der Waals surface area contributed by atoms with Crippen LogP contribution in [0.25, 0.3) is 0 Å². The van der Waals surface area contributed by atoms with E-state index in [9.17, 15) is 0 Å². The Morgan fingerprint density at radius 2 is 2.15 bits per heavy atom. The smallest absolute Gasteiger partial charge is 0.119 e. The Morgan fingerprint density at radius 3 is 2.92 bits per heavy atom. The van der Waals surface area contributed by atoms with Crippen LogP contribution in [0, 0.1) is 0 Å². The van der Waals surface area contributed by atoms with Gasteiger partial charge in [-0.1, -0.05) is 6.07 Å². The lowest BCUT2D eigenvalue weighted by Gasteiger charge is -2.04. The van der Waals surface area contributed by atoms with Crippen molar-refractivity contribution in [3.63, 3.8) is 0 Å². The molecule has 70 valence electrons. The number of hydrogen-bond acceptors (Lipinski definition) is 2. The molecule has 2 N–H and O–H groups in total. The maximum atomic E-state index is 5.87. The van der Waals surface area contributed by atoms with Gasteiger partial charge in [-0.15, -0.1) is 0 Å². The molecule has 0 fully saturated rings. The van der Waals surface area contributed by atoms with Crippen molar-refractivity contribution in [3.8, 4) is 5.75 Å². The van der Waals surface area contributed by atoms with Gasteiger partial charge < -0.3 is 10.5 Å². The van der Waals surface area contributed by atoms with Gasteiger partial charge in [-0.25, -0.2) is 0 Å². The summed E-state index contributed by atoms with van der Waals surface area (Å²) in [6.45, 7) is 2.73. The molecular formula is C11H15NO. The van der Waals surface area contributed by atoms with Gasteiger partial charge in [0.1, 0.15) is 5.75 Å². The first-order valence-electron chi connectivity index (χ1n) is 4.79. The number of fused-ring (bicyclic) bond motifs is 1. The summed E-state index contributed by atoms with van der Waals surface area (Å²) in [5, 5.41) is 0. The van der Waals surface area contributed by atoms with Gasteiger partial charge in [-0.05, 0) is 43.0 Å². The quantitative estimate of drug-likeness (QED) is 0.743. The van der Waals surface area contributed by atoms with Crippen LogP contribution >= 0.6 is 0 Å². The molecule has 1 aliphatic rings. The predicted molar refractivity (Wildman–Crippen MR) is 53.0 cm³/mol. The Bertz CT molecular complexity index is 309. The van der Waals surface area contributed by atoms with Crippen molar-refractivity contribution in [2.24, 2.45) is 5.73 Å². The van der Waals surface area contributed by atoms with Gasteiger partial charge >= 0.3 is 0 Å². The van der Waals surface area contributed by atoms with Gasteiger partial charge in [0.05, 0.1) is 6.61 Å². The molecule has 1 aliphatic carbocycles. The maximum absolute atomic E-state index is 5.87. The largest absolute Gasteiger partial charge is 0.494 e. The molecule has 2 nitrogen and oxygen atoms in total. The number of rotatable bonds is 2. The summed E-state index contributed by atoms with van der Waals surface area (Å²) in [5.74, 6) is 0.968. The predicted octanol–water partition coefficient (Wildman–Crippen LogP) is 1.51.